The number of anilines is 2. The molecule has 0 unspecified atom stereocenters. The summed E-state index contributed by atoms with van der Waals surface area (Å²) in [4.78, 5) is 49.3. The van der Waals surface area contributed by atoms with Crippen molar-refractivity contribution in [2.45, 2.75) is 19.9 Å². The van der Waals surface area contributed by atoms with E-state index >= 15 is 0 Å². The van der Waals surface area contributed by atoms with Crippen molar-refractivity contribution in [1.29, 1.82) is 0 Å². The number of carbonyl (C=O) groups excluding carboxylic acids is 4. The zero-order valence-corrected chi connectivity index (χ0v) is 14.3. The second-order valence-corrected chi connectivity index (χ2v) is 5.95. The number of fused-ring (bicyclic) bond motifs is 1. The van der Waals surface area contributed by atoms with Gasteiger partial charge in [0.25, 0.3) is 11.8 Å². The molecular weight excluding hydrogens is 334 g/mol. The molecule has 0 aliphatic carbocycles. The number of amides is 4. The average molecular weight is 351 g/mol. The summed E-state index contributed by atoms with van der Waals surface area (Å²) < 4.78 is 0. The lowest BCUT2D eigenvalue weighted by atomic mass is 10.1. The standard InChI is InChI=1S/C19H17N3O4/c1-11(22-18(25)15-5-3-4-6-16(15)19(22)26)17(24)21-14-9-7-13(8-10-14)20-12(2)23/h3-11H,1-2H3,(H,20,23)(H,21,24)/t11-/m0/s1. The summed E-state index contributed by atoms with van der Waals surface area (Å²) in [5.41, 5.74) is 1.70. The topological polar surface area (TPSA) is 95.6 Å². The SMILES string of the molecule is CC(=O)Nc1ccc(NC(=O)[C@H](C)N2C(=O)c3ccccc3C2=O)cc1. The van der Waals surface area contributed by atoms with Gasteiger partial charge in [-0.15, -0.1) is 0 Å². The van der Waals surface area contributed by atoms with E-state index in [1.807, 2.05) is 0 Å². The highest BCUT2D eigenvalue weighted by Gasteiger charge is 2.40. The third-order valence-electron chi connectivity index (χ3n) is 4.07. The molecule has 2 aromatic carbocycles. The summed E-state index contributed by atoms with van der Waals surface area (Å²) in [6.07, 6.45) is 0. The predicted molar refractivity (Wildman–Crippen MR) is 95.8 cm³/mol. The zero-order valence-electron chi connectivity index (χ0n) is 14.3. The molecule has 0 bridgehead atoms. The van der Waals surface area contributed by atoms with Crippen LogP contribution in [0.2, 0.25) is 0 Å². The Kier molecular flexibility index (Phi) is 4.53. The van der Waals surface area contributed by atoms with Gasteiger partial charge < -0.3 is 10.6 Å². The van der Waals surface area contributed by atoms with Gasteiger partial charge in [-0.05, 0) is 43.3 Å². The van der Waals surface area contributed by atoms with E-state index in [1.54, 1.807) is 48.5 Å². The van der Waals surface area contributed by atoms with Crippen LogP contribution in [-0.4, -0.2) is 34.6 Å². The minimum absolute atomic E-state index is 0.193. The Bertz CT molecular complexity index is 870. The zero-order chi connectivity index (χ0) is 18.8. The van der Waals surface area contributed by atoms with E-state index in [0.29, 0.717) is 22.5 Å². The van der Waals surface area contributed by atoms with E-state index in [1.165, 1.54) is 13.8 Å². The first-order chi connectivity index (χ1) is 12.4. The van der Waals surface area contributed by atoms with Crippen molar-refractivity contribution in [2.24, 2.45) is 0 Å². The molecule has 4 amide bonds. The molecule has 2 N–H and O–H groups in total. The summed E-state index contributed by atoms with van der Waals surface area (Å²) in [5.74, 6) is -1.63. The molecule has 26 heavy (non-hydrogen) atoms. The number of hydrogen-bond donors (Lipinski definition) is 2. The number of carbonyl (C=O) groups is 4. The molecule has 3 rings (SSSR count). The van der Waals surface area contributed by atoms with E-state index in [0.717, 1.165) is 4.90 Å². The molecule has 0 saturated heterocycles. The van der Waals surface area contributed by atoms with Gasteiger partial charge in [0.1, 0.15) is 6.04 Å². The normalized spacial score (nSPS) is 14.0. The molecule has 1 heterocycles. The highest BCUT2D eigenvalue weighted by atomic mass is 16.2. The molecule has 2 aromatic rings. The Morgan fingerprint density at radius 3 is 1.77 bits per heavy atom. The maximum atomic E-state index is 12.5. The summed E-state index contributed by atoms with van der Waals surface area (Å²) in [5, 5.41) is 5.29. The Hall–Kier alpha value is -3.48. The summed E-state index contributed by atoms with van der Waals surface area (Å²) in [6.45, 7) is 2.90. The van der Waals surface area contributed by atoms with Gasteiger partial charge in [0.15, 0.2) is 0 Å². The fraction of sp³-hybridized carbons (Fsp3) is 0.158. The molecule has 1 aliphatic heterocycles. The molecule has 1 aliphatic rings. The molecule has 1 atom stereocenters. The molecule has 0 spiro atoms. The first kappa shape index (κ1) is 17.3. The summed E-state index contributed by atoms with van der Waals surface area (Å²) >= 11 is 0. The molecule has 132 valence electrons. The second-order valence-electron chi connectivity index (χ2n) is 5.95. The first-order valence-electron chi connectivity index (χ1n) is 8.04. The fourth-order valence-electron chi connectivity index (χ4n) is 2.76. The quantitative estimate of drug-likeness (QED) is 0.826. The van der Waals surface area contributed by atoms with Crippen molar-refractivity contribution >= 4 is 35.0 Å². The number of imide groups is 1. The lowest BCUT2D eigenvalue weighted by molar-refractivity contribution is -0.119. The van der Waals surface area contributed by atoms with Gasteiger partial charge in [0.05, 0.1) is 11.1 Å². The maximum Gasteiger partial charge on any atom is 0.262 e. The number of benzene rings is 2. The highest BCUT2D eigenvalue weighted by Crippen LogP contribution is 2.25. The lowest BCUT2D eigenvalue weighted by Crippen LogP contribution is -2.45. The number of nitrogens with zero attached hydrogens (tertiary/aromatic N) is 1. The van der Waals surface area contributed by atoms with E-state index in [2.05, 4.69) is 10.6 Å². The molecule has 0 fully saturated rings. The van der Waals surface area contributed by atoms with E-state index in [9.17, 15) is 19.2 Å². The Balaban J connectivity index is 1.72. The van der Waals surface area contributed by atoms with Crippen LogP contribution in [0.3, 0.4) is 0 Å². The number of nitrogens with one attached hydrogen (secondary N) is 2. The predicted octanol–water partition coefficient (Wildman–Crippen LogP) is 2.27. The molecule has 7 heteroatoms. The third kappa shape index (κ3) is 3.19. The Labute approximate surface area is 150 Å². The fourth-order valence-corrected chi connectivity index (χ4v) is 2.76. The van der Waals surface area contributed by atoms with E-state index < -0.39 is 23.8 Å². The van der Waals surface area contributed by atoms with Gasteiger partial charge in [0, 0.05) is 18.3 Å². The molecule has 0 aromatic heterocycles. The molecule has 0 saturated carbocycles. The average Bonchev–Trinajstić information content (AvgIpc) is 2.87. The summed E-state index contributed by atoms with van der Waals surface area (Å²) in [7, 11) is 0. The minimum atomic E-state index is -0.961. The van der Waals surface area contributed by atoms with Crippen LogP contribution in [-0.2, 0) is 9.59 Å². The Morgan fingerprint density at radius 1 is 0.846 bits per heavy atom. The lowest BCUT2D eigenvalue weighted by Gasteiger charge is -2.21. The van der Waals surface area contributed by atoms with Gasteiger partial charge in [-0.25, -0.2) is 0 Å². The second kappa shape index (κ2) is 6.79. The van der Waals surface area contributed by atoms with E-state index in [-0.39, 0.29) is 5.91 Å². The van der Waals surface area contributed by atoms with Crippen LogP contribution >= 0.6 is 0 Å². The van der Waals surface area contributed by atoms with Gasteiger partial charge in [-0.2, -0.15) is 0 Å². The van der Waals surface area contributed by atoms with Gasteiger partial charge in [0.2, 0.25) is 11.8 Å². The summed E-state index contributed by atoms with van der Waals surface area (Å²) in [6, 6.07) is 12.1. The van der Waals surface area contributed by atoms with Crippen molar-refractivity contribution in [3.63, 3.8) is 0 Å². The van der Waals surface area contributed by atoms with E-state index in [4.69, 9.17) is 0 Å². The van der Waals surface area contributed by atoms with Crippen molar-refractivity contribution in [2.75, 3.05) is 10.6 Å². The van der Waals surface area contributed by atoms with Crippen molar-refractivity contribution in [3.8, 4) is 0 Å². The maximum absolute atomic E-state index is 12.5. The van der Waals surface area contributed by atoms with Crippen molar-refractivity contribution in [1.82, 2.24) is 4.90 Å². The van der Waals surface area contributed by atoms with Crippen LogP contribution in [0.5, 0.6) is 0 Å². The molecule has 7 nitrogen and oxygen atoms in total. The first-order valence-corrected chi connectivity index (χ1v) is 8.04. The van der Waals surface area contributed by atoms with Crippen molar-refractivity contribution < 1.29 is 19.2 Å². The minimum Gasteiger partial charge on any atom is -0.326 e. The van der Waals surface area contributed by atoms with Gasteiger partial charge in [-0.3, -0.25) is 24.1 Å². The van der Waals surface area contributed by atoms with Crippen molar-refractivity contribution in [3.05, 3.63) is 59.7 Å². The van der Waals surface area contributed by atoms with Crippen LogP contribution in [0.4, 0.5) is 11.4 Å². The third-order valence-corrected chi connectivity index (χ3v) is 4.07. The number of rotatable bonds is 4. The van der Waals surface area contributed by atoms with Crippen LogP contribution in [0.25, 0.3) is 0 Å². The van der Waals surface area contributed by atoms with Crippen LogP contribution < -0.4 is 10.6 Å². The molecular formula is C19H17N3O4. The van der Waals surface area contributed by atoms with Gasteiger partial charge >= 0.3 is 0 Å². The van der Waals surface area contributed by atoms with Gasteiger partial charge in [-0.1, -0.05) is 12.1 Å². The smallest absolute Gasteiger partial charge is 0.262 e. The molecule has 0 radical (unpaired) electrons. The number of hydrogen-bond acceptors (Lipinski definition) is 4. The van der Waals surface area contributed by atoms with Crippen LogP contribution in [0, 0.1) is 0 Å². The Morgan fingerprint density at radius 2 is 1.31 bits per heavy atom. The van der Waals surface area contributed by atoms with Crippen LogP contribution in [0.15, 0.2) is 48.5 Å². The highest BCUT2D eigenvalue weighted by molar-refractivity contribution is 6.23. The largest absolute Gasteiger partial charge is 0.326 e. The van der Waals surface area contributed by atoms with Crippen LogP contribution in [0.1, 0.15) is 34.6 Å². The monoisotopic (exact) mass is 351 g/mol.